The summed E-state index contributed by atoms with van der Waals surface area (Å²) in [5.41, 5.74) is 0.842. The SMILES string of the molecule is O=C(CNC(=O)c1cc(Cl)ccn1)Nc1ccc2ccccc2c1. The summed E-state index contributed by atoms with van der Waals surface area (Å²) in [7, 11) is 0. The Bertz CT molecular complexity index is 911. The lowest BCUT2D eigenvalue weighted by Crippen LogP contribution is -2.33. The first-order valence-corrected chi connectivity index (χ1v) is 7.68. The van der Waals surface area contributed by atoms with Gasteiger partial charge in [0.1, 0.15) is 5.69 Å². The van der Waals surface area contributed by atoms with Gasteiger partial charge in [-0.2, -0.15) is 0 Å². The maximum Gasteiger partial charge on any atom is 0.270 e. The third-order valence-electron chi connectivity index (χ3n) is 3.40. The number of amides is 2. The Morgan fingerprint density at radius 3 is 2.58 bits per heavy atom. The van der Waals surface area contributed by atoms with Gasteiger partial charge >= 0.3 is 0 Å². The summed E-state index contributed by atoms with van der Waals surface area (Å²) in [4.78, 5) is 27.8. The maximum absolute atomic E-state index is 12.0. The molecule has 0 aliphatic heterocycles. The fourth-order valence-electron chi connectivity index (χ4n) is 2.25. The van der Waals surface area contributed by atoms with E-state index in [-0.39, 0.29) is 18.1 Å². The minimum atomic E-state index is -0.453. The van der Waals surface area contributed by atoms with Crippen molar-refractivity contribution in [2.24, 2.45) is 0 Å². The van der Waals surface area contributed by atoms with Crippen LogP contribution in [0.1, 0.15) is 10.5 Å². The van der Waals surface area contributed by atoms with Crippen LogP contribution in [-0.4, -0.2) is 23.3 Å². The van der Waals surface area contributed by atoms with Crippen molar-refractivity contribution in [3.63, 3.8) is 0 Å². The first-order chi connectivity index (χ1) is 11.6. The standard InChI is InChI=1S/C18H14ClN3O2/c19-14-7-8-20-16(10-14)18(24)21-11-17(23)22-15-6-5-12-3-1-2-4-13(12)9-15/h1-10H,11H2,(H,21,24)(H,22,23). The molecule has 0 aliphatic carbocycles. The molecule has 1 heterocycles. The molecule has 3 aromatic rings. The Kier molecular flexibility index (Phi) is 4.72. The van der Waals surface area contributed by atoms with Gasteiger partial charge in [-0.15, -0.1) is 0 Å². The number of aromatic nitrogens is 1. The quantitative estimate of drug-likeness (QED) is 0.766. The maximum atomic E-state index is 12.0. The highest BCUT2D eigenvalue weighted by Crippen LogP contribution is 2.18. The molecule has 2 amide bonds. The second-order valence-corrected chi connectivity index (χ2v) is 5.59. The van der Waals surface area contributed by atoms with E-state index >= 15 is 0 Å². The molecule has 3 rings (SSSR count). The first kappa shape index (κ1) is 16.0. The fourth-order valence-corrected chi connectivity index (χ4v) is 2.41. The summed E-state index contributed by atoms with van der Waals surface area (Å²) >= 11 is 5.81. The average molecular weight is 340 g/mol. The van der Waals surface area contributed by atoms with Gasteiger partial charge < -0.3 is 10.6 Å². The van der Waals surface area contributed by atoms with Crippen molar-refractivity contribution in [2.45, 2.75) is 0 Å². The zero-order chi connectivity index (χ0) is 16.9. The molecular formula is C18H14ClN3O2. The molecule has 0 saturated carbocycles. The van der Waals surface area contributed by atoms with Gasteiger partial charge in [0.25, 0.3) is 5.91 Å². The highest BCUT2D eigenvalue weighted by Gasteiger charge is 2.10. The Labute approximate surface area is 143 Å². The molecule has 5 nitrogen and oxygen atoms in total. The number of carbonyl (C=O) groups excluding carboxylic acids is 2. The number of rotatable bonds is 4. The van der Waals surface area contributed by atoms with Crippen molar-refractivity contribution in [1.82, 2.24) is 10.3 Å². The second kappa shape index (κ2) is 7.10. The van der Waals surface area contributed by atoms with Crippen LogP contribution < -0.4 is 10.6 Å². The number of halogens is 1. The number of hydrogen-bond acceptors (Lipinski definition) is 3. The highest BCUT2D eigenvalue weighted by atomic mass is 35.5. The van der Waals surface area contributed by atoms with Crippen molar-refractivity contribution < 1.29 is 9.59 Å². The third-order valence-corrected chi connectivity index (χ3v) is 3.63. The van der Waals surface area contributed by atoms with Gasteiger partial charge in [0.15, 0.2) is 0 Å². The number of benzene rings is 2. The van der Waals surface area contributed by atoms with Crippen LogP contribution in [0.4, 0.5) is 5.69 Å². The molecule has 0 unspecified atom stereocenters. The number of hydrogen-bond donors (Lipinski definition) is 2. The molecule has 24 heavy (non-hydrogen) atoms. The third kappa shape index (κ3) is 3.88. The number of pyridine rings is 1. The van der Waals surface area contributed by atoms with Crippen LogP contribution in [0.2, 0.25) is 5.02 Å². The van der Waals surface area contributed by atoms with Crippen LogP contribution in [0.5, 0.6) is 0 Å². The summed E-state index contributed by atoms with van der Waals surface area (Å²) in [6, 6.07) is 16.5. The molecule has 0 radical (unpaired) electrons. The van der Waals surface area contributed by atoms with Crippen molar-refractivity contribution in [2.75, 3.05) is 11.9 Å². The van der Waals surface area contributed by atoms with Crippen LogP contribution in [0.15, 0.2) is 60.8 Å². The van der Waals surface area contributed by atoms with E-state index in [1.807, 2.05) is 42.5 Å². The first-order valence-electron chi connectivity index (χ1n) is 7.30. The van der Waals surface area contributed by atoms with Gasteiger partial charge in [-0.1, -0.05) is 41.9 Å². The number of nitrogens with zero attached hydrogens (tertiary/aromatic N) is 1. The minimum absolute atomic E-state index is 0.153. The molecular weight excluding hydrogens is 326 g/mol. The topological polar surface area (TPSA) is 71.1 Å². The summed E-state index contributed by atoms with van der Waals surface area (Å²) < 4.78 is 0. The van der Waals surface area contributed by atoms with Crippen LogP contribution in [0.3, 0.4) is 0 Å². The van der Waals surface area contributed by atoms with E-state index in [4.69, 9.17) is 11.6 Å². The highest BCUT2D eigenvalue weighted by molar-refractivity contribution is 6.30. The van der Waals surface area contributed by atoms with Gasteiger partial charge in [-0.05, 0) is 35.0 Å². The van der Waals surface area contributed by atoms with Crippen molar-refractivity contribution in [3.8, 4) is 0 Å². The average Bonchev–Trinajstić information content (AvgIpc) is 2.59. The lowest BCUT2D eigenvalue weighted by Gasteiger charge is -2.08. The summed E-state index contributed by atoms with van der Waals surface area (Å²) in [5, 5.41) is 7.80. The fraction of sp³-hybridized carbons (Fsp3) is 0.0556. The Morgan fingerprint density at radius 1 is 1.00 bits per heavy atom. The molecule has 2 N–H and O–H groups in total. The molecule has 0 saturated heterocycles. The van der Waals surface area contributed by atoms with Gasteiger partial charge in [0.05, 0.1) is 6.54 Å². The van der Waals surface area contributed by atoms with Crippen molar-refractivity contribution in [3.05, 3.63) is 71.5 Å². The molecule has 2 aromatic carbocycles. The second-order valence-electron chi connectivity index (χ2n) is 5.15. The zero-order valence-electron chi connectivity index (χ0n) is 12.6. The smallest absolute Gasteiger partial charge is 0.270 e. The van der Waals surface area contributed by atoms with E-state index in [2.05, 4.69) is 15.6 Å². The number of fused-ring (bicyclic) bond motifs is 1. The van der Waals surface area contributed by atoms with Crippen molar-refractivity contribution >= 4 is 39.9 Å². The van der Waals surface area contributed by atoms with E-state index in [9.17, 15) is 9.59 Å². The molecule has 0 bridgehead atoms. The van der Waals surface area contributed by atoms with Crippen molar-refractivity contribution in [1.29, 1.82) is 0 Å². The zero-order valence-corrected chi connectivity index (χ0v) is 13.4. The molecule has 120 valence electrons. The molecule has 6 heteroatoms. The molecule has 0 fully saturated rings. The Hall–Kier alpha value is -2.92. The largest absolute Gasteiger partial charge is 0.342 e. The molecule has 0 atom stereocenters. The molecule has 0 spiro atoms. The summed E-state index contributed by atoms with van der Waals surface area (Å²) in [5.74, 6) is -0.771. The Morgan fingerprint density at radius 2 is 1.79 bits per heavy atom. The Balaban J connectivity index is 1.59. The summed E-state index contributed by atoms with van der Waals surface area (Å²) in [6.07, 6.45) is 1.44. The van der Waals surface area contributed by atoms with E-state index in [1.165, 1.54) is 12.3 Å². The summed E-state index contributed by atoms with van der Waals surface area (Å²) in [6.45, 7) is -0.153. The number of nitrogens with one attached hydrogen (secondary N) is 2. The molecule has 1 aromatic heterocycles. The van der Waals surface area contributed by atoms with E-state index in [0.29, 0.717) is 10.7 Å². The van der Waals surface area contributed by atoms with Gasteiger partial charge in [-0.3, -0.25) is 14.6 Å². The van der Waals surface area contributed by atoms with E-state index in [0.717, 1.165) is 10.8 Å². The van der Waals surface area contributed by atoms with E-state index < -0.39 is 5.91 Å². The number of anilines is 1. The normalized spacial score (nSPS) is 10.4. The van der Waals surface area contributed by atoms with Gasteiger partial charge in [-0.25, -0.2) is 0 Å². The minimum Gasteiger partial charge on any atom is -0.342 e. The molecule has 0 aliphatic rings. The predicted molar refractivity (Wildman–Crippen MR) is 94.2 cm³/mol. The van der Waals surface area contributed by atoms with E-state index in [1.54, 1.807) is 6.07 Å². The van der Waals surface area contributed by atoms with Crippen LogP contribution in [0, 0.1) is 0 Å². The van der Waals surface area contributed by atoms with Gasteiger partial charge in [0, 0.05) is 16.9 Å². The van der Waals surface area contributed by atoms with Gasteiger partial charge in [0.2, 0.25) is 5.91 Å². The lowest BCUT2D eigenvalue weighted by molar-refractivity contribution is -0.115. The monoisotopic (exact) mass is 339 g/mol. The van der Waals surface area contributed by atoms with Crippen LogP contribution in [-0.2, 0) is 4.79 Å². The van der Waals surface area contributed by atoms with Crippen LogP contribution >= 0.6 is 11.6 Å². The predicted octanol–water partition coefficient (Wildman–Crippen LogP) is 3.26. The van der Waals surface area contributed by atoms with Crippen LogP contribution in [0.25, 0.3) is 10.8 Å². The lowest BCUT2D eigenvalue weighted by atomic mass is 10.1. The number of carbonyl (C=O) groups is 2.